The molecule has 0 atom stereocenters. The zero-order valence-corrected chi connectivity index (χ0v) is 14.2. The molecular weight excluding hydrogens is 332 g/mol. The van der Waals surface area contributed by atoms with E-state index in [0.29, 0.717) is 23.6 Å². The Morgan fingerprint density at radius 2 is 1.88 bits per heavy atom. The third-order valence-electron chi connectivity index (χ3n) is 3.52. The van der Waals surface area contributed by atoms with E-state index in [9.17, 15) is 9.59 Å². The van der Waals surface area contributed by atoms with Crippen LogP contribution in [0.3, 0.4) is 0 Å². The number of aromatic nitrogens is 4. The monoisotopic (exact) mass is 350 g/mol. The van der Waals surface area contributed by atoms with Crippen LogP contribution < -0.4 is 10.6 Å². The predicted octanol–water partition coefficient (Wildman–Crippen LogP) is 1.73. The van der Waals surface area contributed by atoms with Crippen molar-refractivity contribution in [2.24, 2.45) is 0 Å². The molecule has 0 aliphatic rings. The van der Waals surface area contributed by atoms with Gasteiger partial charge < -0.3 is 10.6 Å². The molecule has 132 valence electrons. The zero-order valence-electron chi connectivity index (χ0n) is 14.2. The molecule has 1 aromatic heterocycles. The van der Waals surface area contributed by atoms with Crippen LogP contribution in [0.5, 0.6) is 0 Å². The first-order valence-corrected chi connectivity index (χ1v) is 8.17. The van der Waals surface area contributed by atoms with Crippen molar-refractivity contribution < 1.29 is 9.59 Å². The van der Waals surface area contributed by atoms with Crippen molar-refractivity contribution in [3.63, 3.8) is 0 Å². The number of nitrogens with zero attached hydrogens (tertiary/aromatic N) is 4. The van der Waals surface area contributed by atoms with Crippen LogP contribution in [-0.2, 0) is 11.3 Å². The summed E-state index contributed by atoms with van der Waals surface area (Å²) in [6.07, 6.45) is 0. The van der Waals surface area contributed by atoms with Crippen LogP contribution in [0.1, 0.15) is 17.3 Å². The number of nitrogens with one attached hydrogen (secondary N) is 2. The number of hydrogen-bond acceptors (Lipinski definition) is 5. The summed E-state index contributed by atoms with van der Waals surface area (Å²) in [4.78, 5) is 25.3. The summed E-state index contributed by atoms with van der Waals surface area (Å²) in [5.74, 6) is -0.0410. The number of anilines is 1. The number of amides is 2. The minimum atomic E-state index is -0.310. The van der Waals surface area contributed by atoms with Crippen molar-refractivity contribution in [1.82, 2.24) is 25.5 Å². The lowest BCUT2D eigenvalue weighted by Crippen LogP contribution is -2.23. The van der Waals surface area contributed by atoms with Gasteiger partial charge in [-0.15, -0.1) is 10.2 Å². The van der Waals surface area contributed by atoms with E-state index in [1.165, 1.54) is 4.80 Å². The Hall–Kier alpha value is -3.55. The molecule has 3 aromatic rings. The van der Waals surface area contributed by atoms with Gasteiger partial charge in [-0.25, -0.2) is 0 Å². The molecular formula is C18H18N6O2. The minimum absolute atomic E-state index is 0.0782. The molecule has 1 heterocycles. The summed E-state index contributed by atoms with van der Waals surface area (Å²) in [6, 6.07) is 16.1. The van der Waals surface area contributed by atoms with E-state index < -0.39 is 0 Å². The number of rotatable bonds is 6. The molecule has 0 spiro atoms. The molecule has 2 N–H and O–H groups in total. The maximum absolute atomic E-state index is 12.2. The van der Waals surface area contributed by atoms with E-state index in [2.05, 4.69) is 26.0 Å². The van der Waals surface area contributed by atoms with E-state index >= 15 is 0 Å². The first kappa shape index (κ1) is 17.3. The van der Waals surface area contributed by atoms with Gasteiger partial charge in [-0.3, -0.25) is 9.59 Å². The average molecular weight is 350 g/mol. The lowest BCUT2D eigenvalue weighted by molar-refractivity contribution is -0.117. The molecule has 0 bridgehead atoms. The smallest absolute Gasteiger partial charge is 0.251 e. The Kier molecular flexibility index (Phi) is 5.33. The molecule has 0 aliphatic carbocycles. The summed E-state index contributed by atoms with van der Waals surface area (Å²) in [7, 11) is 0. The van der Waals surface area contributed by atoms with Crippen molar-refractivity contribution in [3.8, 4) is 11.4 Å². The van der Waals surface area contributed by atoms with Crippen molar-refractivity contribution >= 4 is 17.5 Å². The number of carbonyl (C=O) groups excluding carboxylic acids is 2. The Bertz CT molecular complexity index is 907. The Labute approximate surface area is 150 Å². The van der Waals surface area contributed by atoms with E-state index in [-0.39, 0.29) is 18.4 Å². The second-order valence-corrected chi connectivity index (χ2v) is 5.50. The zero-order chi connectivity index (χ0) is 18.4. The lowest BCUT2D eigenvalue weighted by Gasteiger charge is -2.07. The van der Waals surface area contributed by atoms with Crippen LogP contribution in [0.2, 0.25) is 0 Å². The number of carbonyl (C=O) groups is 2. The van der Waals surface area contributed by atoms with Gasteiger partial charge in [-0.05, 0) is 30.3 Å². The number of hydrogen-bond donors (Lipinski definition) is 2. The molecule has 0 saturated carbocycles. The molecule has 0 radical (unpaired) electrons. The molecule has 8 heteroatoms. The van der Waals surface area contributed by atoms with Gasteiger partial charge in [-0.2, -0.15) is 4.80 Å². The van der Waals surface area contributed by atoms with Gasteiger partial charge in [0.15, 0.2) is 0 Å². The number of tetrazole rings is 1. The summed E-state index contributed by atoms with van der Waals surface area (Å²) in [5, 5.41) is 17.5. The normalized spacial score (nSPS) is 10.3. The Morgan fingerprint density at radius 1 is 1.08 bits per heavy atom. The Morgan fingerprint density at radius 3 is 2.65 bits per heavy atom. The van der Waals surface area contributed by atoms with Crippen LogP contribution in [0.15, 0.2) is 54.6 Å². The van der Waals surface area contributed by atoms with Gasteiger partial charge in [0, 0.05) is 23.4 Å². The fourth-order valence-electron chi connectivity index (χ4n) is 2.34. The van der Waals surface area contributed by atoms with Crippen LogP contribution >= 0.6 is 0 Å². The maximum Gasteiger partial charge on any atom is 0.251 e. The second kappa shape index (κ2) is 8.02. The van der Waals surface area contributed by atoms with E-state index in [0.717, 1.165) is 5.56 Å². The lowest BCUT2D eigenvalue weighted by atomic mass is 10.2. The first-order valence-electron chi connectivity index (χ1n) is 8.17. The van der Waals surface area contributed by atoms with Crippen molar-refractivity contribution in [2.75, 3.05) is 11.9 Å². The van der Waals surface area contributed by atoms with Crippen LogP contribution in [0.25, 0.3) is 11.4 Å². The van der Waals surface area contributed by atoms with E-state index in [4.69, 9.17) is 0 Å². The van der Waals surface area contributed by atoms with Crippen LogP contribution in [-0.4, -0.2) is 38.6 Å². The second-order valence-electron chi connectivity index (χ2n) is 5.50. The third-order valence-corrected chi connectivity index (χ3v) is 3.52. The van der Waals surface area contributed by atoms with Gasteiger partial charge in [0.05, 0.1) is 0 Å². The van der Waals surface area contributed by atoms with Gasteiger partial charge in [0.1, 0.15) is 6.54 Å². The molecule has 0 unspecified atom stereocenters. The molecule has 2 aromatic carbocycles. The van der Waals surface area contributed by atoms with Gasteiger partial charge in [0.25, 0.3) is 5.91 Å². The summed E-state index contributed by atoms with van der Waals surface area (Å²) in [5.41, 5.74) is 1.84. The molecule has 0 saturated heterocycles. The first-order chi connectivity index (χ1) is 12.7. The maximum atomic E-state index is 12.2. The highest BCUT2D eigenvalue weighted by Crippen LogP contribution is 2.13. The fraction of sp³-hybridized carbons (Fsp3) is 0.167. The van der Waals surface area contributed by atoms with Crippen molar-refractivity contribution in [2.45, 2.75) is 13.5 Å². The number of benzene rings is 2. The average Bonchev–Trinajstić information content (AvgIpc) is 3.11. The van der Waals surface area contributed by atoms with Gasteiger partial charge in [0.2, 0.25) is 11.7 Å². The molecule has 0 aliphatic heterocycles. The van der Waals surface area contributed by atoms with Crippen LogP contribution in [0.4, 0.5) is 5.69 Å². The summed E-state index contributed by atoms with van der Waals surface area (Å²) >= 11 is 0. The summed E-state index contributed by atoms with van der Waals surface area (Å²) < 4.78 is 0. The fourth-order valence-corrected chi connectivity index (χ4v) is 2.34. The van der Waals surface area contributed by atoms with Crippen LogP contribution in [0, 0.1) is 0 Å². The minimum Gasteiger partial charge on any atom is -0.352 e. The molecule has 2 amide bonds. The highest BCUT2D eigenvalue weighted by molar-refractivity contribution is 5.97. The quantitative estimate of drug-likeness (QED) is 0.705. The van der Waals surface area contributed by atoms with Crippen molar-refractivity contribution in [3.05, 3.63) is 60.2 Å². The highest BCUT2D eigenvalue weighted by Gasteiger charge is 2.10. The van der Waals surface area contributed by atoms with E-state index in [1.807, 2.05) is 37.3 Å². The summed E-state index contributed by atoms with van der Waals surface area (Å²) in [6.45, 7) is 2.31. The largest absolute Gasteiger partial charge is 0.352 e. The SMILES string of the molecule is CCNC(=O)c1cccc(NC(=O)Cn2nnc(-c3ccccc3)n2)c1. The standard InChI is InChI=1S/C18H18N6O2/c1-2-19-18(26)14-9-6-10-15(11-14)20-16(25)12-24-22-17(21-23-24)13-7-4-3-5-8-13/h3-11H,2,12H2,1H3,(H,19,26)(H,20,25). The molecule has 0 fully saturated rings. The molecule has 8 nitrogen and oxygen atoms in total. The third kappa shape index (κ3) is 4.29. The molecule has 3 rings (SSSR count). The highest BCUT2D eigenvalue weighted by atomic mass is 16.2. The molecule has 26 heavy (non-hydrogen) atoms. The topological polar surface area (TPSA) is 102 Å². The predicted molar refractivity (Wildman–Crippen MR) is 96.3 cm³/mol. The van der Waals surface area contributed by atoms with Gasteiger partial charge >= 0.3 is 0 Å². The Balaban J connectivity index is 1.64. The van der Waals surface area contributed by atoms with E-state index in [1.54, 1.807) is 24.3 Å². The van der Waals surface area contributed by atoms with Gasteiger partial charge in [-0.1, -0.05) is 36.4 Å². The van der Waals surface area contributed by atoms with Crippen molar-refractivity contribution in [1.29, 1.82) is 0 Å².